The molecule has 0 radical (unpaired) electrons. The molecule has 6 rings (SSSR count). The van der Waals surface area contributed by atoms with Gasteiger partial charge in [-0.1, -0.05) is 53.4 Å². The van der Waals surface area contributed by atoms with Gasteiger partial charge < -0.3 is 10.1 Å². The number of aryl methyl sites for hydroxylation is 1. The van der Waals surface area contributed by atoms with E-state index in [-0.39, 0.29) is 23.0 Å². The molecular formula is C30H24FN3O5S2. The predicted molar refractivity (Wildman–Crippen MR) is 155 cm³/mol. The highest BCUT2D eigenvalue weighted by Crippen LogP contribution is 2.54. The van der Waals surface area contributed by atoms with Crippen LogP contribution in [0.2, 0.25) is 0 Å². The molecule has 1 N–H and O–H groups in total. The largest absolute Gasteiger partial charge is 0.497 e. The smallest absolute Gasteiger partial charge is 0.308 e. The first-order valence-electron chi connectivity index (χ1n) is 12.8. The first-order valence-corrected chi connectivity index (χ1v) is 14.5. The maximum absolute atomic E-state index is 13.9. The fourth-order valence-corrected chi connectivity index (χ4v) is 8.09. The standard InChI is InChI=1S/C30H24FN3O5S2/c1-16-5-3-4-6-21(16)32-22(35)15-33-29-26(41-30(33)38)23(17-7-13-20(39-2)14-8-17)24-25(40-29)28(37)34(27(24)36)19-11-9-18(31)10-12-19/h3-14,23-25H,15H2,1-2H3,(H,32,35)/t23-,24?,25?/m1/s1. The lowest BCUT2D eigenvalue weighted by atomic mass is 9.83. The van der Waals surface area contributed by atoms with Gasteiger partial charge in [0.05, 0.1) is 23.7 Å². The molecule has 1 aromatic heterocycles. The number of anilines is 2. The molecule has 3 atom stereocenters. The van der Waals surface area contributed by atoms with Crippen LogP contribution in [-0.2, 0) is 20.9 Å². The Balaban J connectivity index is 1.41. The monoisotopic (exact) mass is 589 g/mol. The van der Waals surface area contributed by atoms with E-state index in [1.54, 1.807) is 25.3 Å². The Labute approximate surface area is 242 Å². The fraction of sp³-hybridized carbons (Fsp3) is 0.200. The molecule has 3 heterocycles. The second-order valence-electron chi connectivity index (χ2n) is 9.79. The SMILES string of the molecule is COc1ccc([C@H]2c3sc(=O)n(CC(=O)Nc4ccccc4C)c3SC3C(=O)N(c4ccc(F)cc4)C(=O)C32)cc1. The number of nitrogens with one attached hydrogen (secondary N) is 1. The average Bonchev–Trinajstić information content (AvgIpc) is 3.41. The van der Waals surface area contributed by atoms with E-state index in [4.69, 9.17) is 4.74 Å². The van der Waals surface area contributed by atoms with Gasteiger partial charge in [0.2, 0.25) is 17.7 Å². The van der Waals surface area contributed by atoms with Gasteiger partial charge in [0.1, 0.15) is 23.4 Å². The normalized spacial score (nSPS) is 19.6. The molecule has 3 aromatic carbocycles. The zero-order chi connectivity index (χ0) is 28.8. The Hall–Kier alpha value is -4.22. The number of thiazole rings is 1. The summed E-state index contributed by atoms with van der Waals surface area (Å²) in [5.74, 6) is -2.52. The molecule has 0 spiro atoms. The highest BCUT2D eigenvalue weighted by molar-refractivity contribution is 8.00. The van der Waals surface area contributed by atoms with Crippen molar-refractivity contribution in [2.24, 2.45) is 5.92 Å². The predicted octanol–water partition coefficient (Wildman–Crippen LogP) is 4.80. The van der Waals surface area contributed by atoms with Crippen molar-refractivity contribution in [3.05, 3.63) is 104 Å². The molecule has 11 heteroatoms. The summed E-state index contributed by atoms with van der Waals surface area (Å²) in [4.78, 5) is 55.3. The number of amides is 3. The number of rotatable bonds is 6. The fourth-order valence-electron chi connectivity index (χ4n) is 5.32. The van der Waals surface area contributed by atoms with Gasteiger partial charge in [-0.05, 0) is 60.5 Å². The molecule has 208 valence electrons. The minimum atomic E-state index is -0.841. The highest BCUT2D eigenvalue weighted by atomic mass is 32.2. The number of hydrogen-bond acceptors (Lipinski definition) is 7. The van der Waals surface area contributed by atoms with Gasteiger partial charge in [0, 0.05) is 16.5 Å². The van der Waals surface area contributed by atoms with Crippen LogP contribution in [0, 0.1) is 18.7 Å². The van der Waals surface area contributed by atoms with Gasteiger partial charge in [-0.15, -0.1) is 0 Å². The molecule has 2 aliphatic rings. The Bertz CT molecular complexity index is 1730. The Morgan fingerprint density at radius 3 is 2.37 bits per heavy atom. The molecule has 1 saturated heterocycles. The summed E-state index contributed by atoms with van der Waals surface area (Å²) in [6, 6.07) is 19.7. The van der Waals surface area contributed by atoms with Crippen molar-refractivity contribution >= 4 is 52.2 Å². The minimum Gasteiger partial charge on any atom is -0.497 e. The summed E-state index contributed by atoms with van der Waals surface area (Å²) >= 11 is 2.10. The minimum absolute atomic E-state index is 0.247. The number of para-hydroxylation sites is 1. The summed E-state index contributed by atoms with van der Waals surface area (Å²) < 4.78 is 20.3. The summed E-state index contributed by atoms with van der Waals surface area (Å²) in [7, 11) is 1.55. The number of fused-ring (bicyclic) bond motifs is 2. The van der Waals surface area contributed by atoms with Crippen LogP contribution in [0.15, 0.2) is 82.6 Å². The summed E-state index contributed by atoms with van der Waals surface area (Å²) in [6.45, 7) is 1.63. The molecule has 41 heavy (non-hydrogen) atoms. The number of methoxy groups -OCH3 is 1. The van der Waals surface area contributed by atoms with Crippen LogP contribution in [0.1, 0.15) is 21.9 Å². The van der Waals surface area contributed by atoms with Crippen LogP contribution >= 0.6 is 23.1 Å². The van der Waals surface area contributed by atoms with E-state index >= 15 is 0 Å². The van der Waals surface area contributed by atoms with E-state index in [1.165, 1.54) is 28.8 Å². The molecule has 3 amide bonds. The van der Waals surface area contributed by atoms with Crippen LogP contribution in [0.25, 0.3) is 0 Å². The van der Waals surface area contributed by atoms with Crippen molar-refractivity contribution in [3.63, 3.8) is 0 Å². The van der Waals surface area contributed by atoms with Gasteiger partial charge in [0.25, 0.3) is 0 Å². The quantitative estimate of drug-likeness (QED) is 0.325. The number of ether oxygens (including phenoxy) is 1. The number of carbonyl (C=O) groups excluding carboxylic acids is 3. The van der Waals surface area contributed by atoms with Crippen LogP contribution < -0.4 is 19.8 Å². The molecule has 2 unspecified atom stereocenters. The second kappa shape index (κ2) is 10.6. The van der Waals surface area contributed by atoms with Crippen molar-refractivity contribution in [2.75, 3.05) is 17.3 Å². The number of carbonyl (C=O) groups is 3. The molecule has 0 bridgehead atoms. The Morgan fingerprint density at radius 2 is 1.68 bits per heavy atom. The second-order valence-corrected chi connectivity index (χ2v) is 11.9. The molecule has 1 fully saturated rings. The molecule has 4 aromatic rings. The average molecular weight is 590 g/mol. The van der Waals surface area contributed by atoms with Crippen molar-refractivity contribution < 1.29 is 23.5 Å². The zero-order valence-corrected chi connectivity index (χ0v) is 23.6. The number of benzene rings is 3. The maximum Gasteiger partial charge on any atom is 0.308 e. The van der Waals surface area contributed by atoms with Crippen molar-refractivity contribution in [1.82, 2.24) is 4.57 Å². The van der Waals surface area contributed by atoms with Gasteiger partial charge in [0.15, 0.2) is 0 Å². The van der Waals surface area contributed by atoms with Gasteiger partial charge >= 0.3 is 4.87 Å². The van der Waals surface area contributed by atoms with Crippen molar-refractivity contribution in [1.29, 1.82) is 0 Å². The third-order valence-electron chi connectivity index (χ3n) is 7.33. The summed E-state index contributed by atoms with van der Waals surface area (Å²) in [5, 5.41) is 2.51. The van der Waals surface area contributed by atoms with E-state index in [1.807, 2.05) is 37.3 Å². The van der Waals surface area contributed by atoms with Crippen LogP contribution in [0.5, 0.6) is 5.75 Å². The first kappa shape index (κ1) is 27.0. The third-order valence-corrected chi connectivity index (χ3v) is 9.93. The number of thioether (sulfide) groups is 1. The van der Waals surface area contributed by atoms with Crippen LogP contribution in [0.4, 0.5) is 15.8 Å². The lowest BCUT2D eigenvalue weighted by Crippen LogP contribution is -2.33. The molecule has 2 aliphatic heterocycles. The number of nitrogens with zero attached hydrogens (tertiary/aromatic N) is 2. The first-order chi connectivity index (χ1) is 19.8. The lowest BCUT2D eigenvalue weighted by molar-refractivity contribution is -0.122. The van der Waals surface area contributed by atoms with Crippen LogP contribution in [-0.4, -0.2) is 34.6 Å². The van der Waals surface area contributed by atoms with Crippen molar-refractivity contribution in [3.8, 4) is 5.75 Å². The topological polar surface area (TPSA) is 97.7 Å². The van der Waals surface area contributed by atoms with Crippen LogP contribution in [0.3, 0.4) is 0 Å². The summed E-state index contributed by atoms with van der Waals surface area (Å²) in [5.41, 5.74) is 2.55. The van der Waals surface area contributed by atoms with E-state index in [9.17, 15) is 23.6 Å². The Kier molecular flexibility index (Phi) is 7.00. The molecule has 0 aliphatic carbocycles. The molecule has 0 saturated carbocycles. The molecule has 8 nitrogen and oxygen atoms in total. The zero-order valence-electron chi connectivity index (χ0n) is 22.0. The lowest BCUT2D eigenvalue weighted by Gasteiger charge is -2.30. The van der Waals surface area contributed by atoms with Crippen molar-refractivity contribution in [2.45, 2.75) is 29.7 Å². The van der Waals surface area contributed by atoms with Gasteiger partial charge in [-0.25, -0.2) is 9.29 Å². The maximum atomic E-state index is 13.9. The molecular weight excluding hydrogens is 565 g/mol. The van der Waals surface area contributed by atoms with E-state index < -0.39 is 34.7 Å². The van der Waals surface area contributed by atoms with E-state index in [2.05, 4.69) is 5.32 Å². The van der Waals surface area contributed by atoms with E-state index in [0.717, 1.165) is 39.1 Å². The van der Waals surface area contributed by atoms with E-state index in [0.29, 0.717) is 21.3 Å². The number of hydrogen-bond donors (Lipinski definition) is 1. The Morgan fingerprint density at radius 1 is 0.976 bits per heavy atom. The number of halogens is 1. The summed E-state index contributed by atoms with van der Waals surface area (Å²) in [6.07, 6.45) is 0. The number of aromatic nitrogens is 1. The third kappa shape index (κ3) is 4.74. The van der Waals surface area contributed by atoms with Gasteiger partial charge in [-0.2, -0.15) is 0 Å². The van der Waals surface area contributed by atoms with Gasteiger partial charge in [-0.3, -0.25) is 23.7 Å². The highest BCUT2D eigenvalue weighted by Gasteiger charge is 2.56. The number of imide groups is 1.